The maximum atomic E-state index is 13.6. The molecular weight excluding hydrogens is 1100 g/mol. The van der Waals surface area contributed by atoms with E-state index in [2.05, 4.69) is 99.0 Å². The molecule has 0 saturated carbocycles. The average Bonchev–Trinajstić information content (AvgIpc) is 3.69. The minimum Gasteiger partial charge on any atom is -0.756 e. The SMILES string of the molecule is CCCCC/C=C\C/C=C\C/C=C\C/C=C\CCCCCCCC(=O)NC(COP(=O)([O-])OCC[N+](C)(C)C)C(/C=C\CCCCCCCCCCCCC)OC(=O)CCCCCCCCCCCCCCCCCCC/C=C\C/C=C\CCCCC. The van der Waals surface area contributed by atoms with Crippen molar-refractivity contribution in [3.63, 3.8) is 0 Å². The van der Waals surface area contributed by atoms with Crippen LogP contribution in [0.2, 0.25) is 0 Å². The third-order valence-corrected chi connectivity index (χ3v) is 17.3. The van der Waals surface area contributed by atoms with E-state index in [1.165, 1.54) is 205 Å². The van der Waals surface area contributed by atoms with Crippen LogP contribution < -0.4 is 10.2 Å². The molecule has 0 rings (SSSR count). The van der Waals surface area contributed by atoms with Crippen molar-refractivity contribution in [1.82, 2.24) is 5.32 Å². The lowest BCUT2D eigenvalue weighted by molar-refractivity contribution is -0.870. The summed E-state index contributed by atoms with van der Waals surface area (Å²) in [7, 11) is 1.17. The smallest absolute Gasteiger partial charge is 0.306 e. The van der Waals surface area contributed by atoms with Gasteiger partial charge in [0, 0.05) is 12.8 Å². The van der Waals surface area contributed by atoms with Crippen LogP contribution in [0.3, 0.4) is 0 Å². The molecule has 0 saturated heterocycles. The third kappa shape index (κ3) is 67.4. The number of likely N-dealkylation sites (N-methyl/N-ethyl adjacent to an activating group) is 1. The van der Waals surface area contributed by atoms with Crippen molar-refractivity contribution >= 4 is 19.7 Å². The Labute approximate surface area is 539 Å². The van der Waals surface area contributed by atoms with Crippen LogP contribution in [0.1, 0.15) is 342 Å². The maximum absolute atomic E-state index is 13.6. The van der Waals surface area contributed by atoms with Gasteiger partial charge in [-0.15, -0.1) is 0 Å². The van der Waals surface area contributed by atoms with Crippen molar-refractivity contribution < 1.29 is 37.3 Å². The van der Waals surface area contributed by atoms with Gasteiger partial charge >= 0.3 is 5.97 Å². The maximum Gasteiger partial charge on any atom is 0.306 e. The molecule has 1 N–H and O–H groups in total. The number of carbonyl (C=O) groups excluding carboxylic acids is 2. The number of rotatable bonds is 67. The van der Waals surface area contributed by atoms with Gasteiger partial charge in [0.25, 0.3) is 7.82 Å². The fourth-order valence-corrected chi connectivity index (χ4v) is 11.3. The number of phosphoric ester groups is 1. The van der Waals surface area contributed by atoms with E-state index in [0.29, 0.717) is 23.9 Å². The molecule has 9 nitrogen and oxygen atoms in total. The molecule has 0 aliphatic rings. The number of amides is 1. The standard InChI is InChI=1S/C77H141N2O7P/c1-7-10-13-16-19-22-25-28-30-32-34-36-37-38-39-40-41-43-45-47-49-52-55-58-61-64-67-70-77(81)86-75(68-65-62-59-56-53-50-27-24-21-18-15-12-9-3)74(73-85-87(82,83)84-72-71-79(4,5)6)78-76(80)69-66-63-60-57-54-51-48-46-44-42-35-33-31-29-26-23-20-17-14-11-8-2/h19-20,22-23,28-31,35,42,46,48,65,68,74-75H,7-18,21,24-27,32-34,36-41,43-45,47,49-64,66-67,69-73H2,1-6H3,(H-,78,80,82,83)/b22-19-,23-20-,30-28-,31-29-,42-35-,48-46-,68-65-. The normalized spacial score (nSPS) is 14.0. The van der Waals surface area contributed by atoms with Gasteiger partial charge in [0.2, 0.25) is 5.91 Å². The molecule has 506 valence electrons. The summed E-state index contributed by atoms with van der Waals surface area (Å²) < 4.78 is 30.5. The highest BCUT2D eigenvalue weighted by molar-refractivity contribution is 7.45. The van der Waals surface area contributed by atoms with Crippen molar-refractivity contribution in [2.75, 3.05) is 40.9 Å². The number of allylic oxidation sites excluding steroid dienone is 13. The molecule has 87 heavy (non-hydrogen) atoms. The van der Waals surface area contributed by atoms with Gasteiger partial charge in [-0.25, -0.2) is 0 Å². The summed E-state index contributed by atoms with van der Waals surface area (Å²) in [5.41, 5.74) is 0. The first kappa shape index (κ1) is 84.2. The molecule has 0 aliphatic heterocycles. The molecule has 0 aromatic carbocycles. The number of nitrogens with zero attached hydrogens (tertiary/aromatic N) is 1. The number of hydrogen-bond donors (Lipinski definition) is 1. The number of phosphoric acid groups is 1. The Morgan fingerprint density at radius 3 is 1.07 bits per heavy atom. The zero-order valence-electron chi connectivity index (χ0n) is 58.0. The lowest BCUT2D eigenvalue weighted by Crippen LogP contribution is -2.47. The zero-order valence-corrected chi connectivity index (χ0v) is 58.9. The van der Waals surface area contributed by atoms with Crippen LogP contribution in [0.15, 0.2) is 85.1 Å². The third-order valence-electron chi connectivity index (χ3n) is 16.3. The number of quaternary nitrogens is 1. The number of nitrogens with one attached hydrogen (secondary N) is 1. The minimum absolute atomic E-state index is 0.0281. The molecule has 0 spiro atoms. The highest BCUT2D eigenvalue weighted by Crippen LogP contribution is 2.38. The Bertz CT molecular complexity index is 1760. The summed E-state index contributed by atoms with van der Waals surface area (Å²) in [6, 6.07) is -0.903. The first-order chi connectivity index (χ1) is 42.4. The van der Waals surface area contributed by atoms with Crippen LogP contribution in [0.5, 0.6) is 0 Å². The number of unbranched alkanes of at least 4 members (excludes halogenated alkanes) is 39. The van der Waals surface area contributed by atoms with Gasteiger partial charge in [0.1, 0.15) is 19.3 Å². The molecule has 0 aliphatic carbocycles. The number of ether oxygens (including phenoxy) is 1. The van der Waals surface area contributed by atoms with Crippen LogP contribution >= 0.6 is 7.82 Å². The van der Waals surface area contributed by atoms with Crippen molar-refractivity contribution in [3.8, 4) is 0 Å². The second kappa shape index (κ2) is 66.1. The first-order valence-corrected chi connectivity index (χ1v) is 38.4. The number of esters is 1. The van der Waals surface area contributed by atoms with Gasteiger partial charge in [0.05, 0.1) is 33.8 Å². The monoisotopic (exact) mass is 1240 g/mol. The van der Waals surface area contributed by atoms with Gasteiger partial charge in [-0.1, -0.05) is 305 Å². The Kier molecular flexibility index (Phi) is 64.0. The Balaban J connectivity index is 5.07. The Hall–Kier alpha value is -2.81. The summed E-state index contributed by atoms with van der Waals surface area (Å²) in [4.78, 5) is 40.2. The van der Waals surface area contributed by atoms with E-state index in [4.69, 9.17) is 13.8 Å². The topological polar surface area (TPSA) is 114 Å². The van der Waals surface area contributed by atoms with Crippen LogP contribution in [0.25, 0.3) is 0 Å². The zero-order chi connectivity index (χ0) is 63.5. The molecule has 0 heterocycles. The predicted molar refractivity (Wildman–Crippen MR) is 376 cm³/mol. The lowest BCUT2D eigenvalue weighted by Gasteiger charge is -2.30. The van der Waals surface area contributed by atoms with Crippen LogP contribution in [0, 0.1) is 0 Å². The number of carbonyl (C=O) groups is 2. The molecule has 3 atom stereocenters. The predicted octanol–water partition coefficient (Wildman–Crippen LogP) is 23.0. The van der Waals surface area contributed by atoms with Crippen molar-refractivity contribution in [3.05, 3.63) is 85.1 Å². The summed E-state index contributed by atoms with van der Waals surface area (Å²) >= 11 is 0. The number of hydrogen-bond acceptors (Lipinski definition) is 7. The lowest BCUT2D eigenvalue weighted by atomic mass is 10.0. The van der Waals surface area contributed by atoms with E-state index in [9.17, 15) is 19.0 Å². The Morgan fingerprint density at radius 1 is 0.402 bits per heavy atom. The molecule has 0 bridgehead atoms. The van der Waals surface area contributed by atoms with E-state index < -0.39 is 26.6 Å². The summed E-state index contributed by atoms with van der Waals surface area (Å²) in [5, 5.41) is 3.04. The van der Waals surface area contributed by atoms with E-state index in [1.807, 2.05) is 33.3 Å². The Morgan fingerprint density at radius 2 is 0.701 bits per heavy atom. The largest absolute Gasteiger partial charge is 0.756 e. The van der Waals surface area contributed by atoms with E-state index >= 15 is 0 Å². The van der Waals surface area contributed by atoms with Crippen LogP contribution in [0.4, 0.5) is 0 Å². The van der Waals surface area contributed by atoms with Crippen molar-refractivity contribution in [2.24, 2.45) is 0 Å². The molecule has 10 heteroatoms. The second-order valence-corrected chi connectivity index (χ2v) is 27.5. The van der Waals surface area contributed by atoms with E-state index in [-0.39, 0.29) is 24.9 Å². The van der Waals surface area contributed by atoms with E-state index in [1.54, 1.807) is 0 Å². The highest BCUT2D eigenvalue weighted by atomic mass is 31.2. The minimum atomic E-state index is -4.71. The highest BCUT2D eigenvalue weighted by Gasteiger charge is 2.27. The summed E-state index contributed by atoms with van der Waals surface area (Å²) in [6.07, 6.45) is 88.5. The molecule has 0 radical (unpaired) electrons. The van der Waals surface area contributed by atoms with Crippen LogP contribution in [-0.4, -0.2) is 69.4 Å². The van der Waals surface area contributed by atoms with Gasteiger partial charge < -0.3 is 28.5 Å². The van der Waals surface area contributed by atoms with E-state index in [0.717, 1.165) is 96.3 Å². The quantitative estimate of drug-likeness (QED) is 0.0212. The summed E-state index contributed by atoms with van der Waals surface area (Å²) in [5.74, 6) is -0.552. The molecule has 0 aromatic rings. The van der Waals surface area contributed by atoms with Gasteiger partial charge in [-0.2, -0.15) is 0 Å². The fraction of sp³-hybridized carbons (Fsp3) is 0.792. The average molecular weight is 1240 g/mol. The van der Waals surface area contributed by atoms with Gasteiger partial charge in [-0.05, 0) is 109 Å². The van der Waals surface area contributed by atoms with Crippen LogP contribution in [-0.2, 0) is 27.9 Å². The second-order valence-electron chi connectivity index (χ2n) is 26.1. The molecule has 3 unspecified atom stereocenters. The molecule has 1 amide bonds. The molecule has 0 fully saturated rings. The van der Waals surface area contributed by atoms with Gasteiger partial charge in [-0.3, -0.25) is 14.2 Å². The van der Waals surface area contributed by atoms with Crippen molar-refractivity contribution in [1.29, 1.82) is 0 Å². The van der Waals surface area contributed by atoms with Gasteiger partial charge in [0.15, 0.2) is 0 Å². The van der Waals surface area contributed by atoms with Crippen molar-refractivity contribution in [2.45, 2.75) is 354 Å². The first-order valence-electron chi connectivity index (χ1n) is 36.9. The summed E-state index contributed by atoms with van der Waals surface area (Å²) in [6.45, 7) is 6.81. The fourth-order valence-electron chi connectivity index (χ4n) is 10.6. The molecular formula is C77H141N2O7P. The molecule has 0 aromatic heterocycles.